The van der Waals surface area contributed by atoms with E-state index in [2.05, 4.69) is 16.5 Å². The van der Waals surface area contributed by atoms with Crippen molar-refractivity contribution in [2.45, 2.75) is 55.1 Å². The fourth-order valence-corrected chi connectivity index (χ4v) is 5.55. The van der Waals surface area contributed by atoms with Gasteiger partial charge >= 0.3 is 0 Å². The molecule has 22 heavy (non-hydrogen) atoms. The van der Waals surface area contributed by atoms with Crippen LogP contribution in [0.3, 0.4) is 0 Å². The van der Waals surface area contributed by atoms with Crippen molar-refractivity contribution in [1.29, 1.82) is 0 Å². The molecule has 1 N–H and O–H groups in total. The molecule has 2 fully saturated rings. The first-order valence-electron chi connectivity index (χ1n) is 7.96. The van der Waals surface area contributed by atoms with E-state index in [1.165, 1.54) is 11.3 Å². The molecule has 2 atom stereocenters. The second-order valence-electron chi connectivity index (χ2n) is 6.27. The second-order valence-corrected chi connectivity index (χ2v) is 9.16. The summed E-state index contributed by atoms with van der Waals surface area (Å²) >= 11 is 1.26. The summed E-state index contributed by atoms with van der Waals surface area (Å²) in [6, 6.07) is 3.47. The number of piperidine rings is 1. The van der Waals surface area contributed by atoms with Gasteiger partial charge in [0, 0.05) is 12.6 Å². The van der Waals surface area contributed by atoms with Crippen molar-refractivity contribution in [3.63, 3.8) is 0 Å². The van der Waals surface area contributed by atoms with Gasteiger partial charge in [0.15, 0.2) is 0 Å². The molecule has 7 heteroatoms. The van der Waals surface area contributed by atoms with Crippen LogP contribution in [0.25, 0.3) is 0 Å². The Labute approximate surface area is 136 Å². The number of sulfonamides is 1. The largest absolute Gasteiger partial charge is 0.374 e. The van der Waals surface area contributed by atoms with Gasteiger partial charge in [-0.3, -0.25) is 0 Å². The van der Waals surface area contributed by atoms with Crippen molar-refractivity contribution >= 4 is 21.4 Å². The molecule has 2 aliphatic rings. The first-order valence-corrected chi connectivity index (χ1v) is 10.3. The van der Waals surface area contributed by atoms with Crippen molar-refractivity contribution < 1.29 is 13.2 Å². The normalized spacial score (nSPS) is 28.2. The average Bonchev–Trinajstić information content (AvgIpc) is 3.13. The highest BCUT2D eigenvalue weighted by atomic mass is 32.2. The molecule has 0 amide bonds. The number of rotatable bonds is 5. The van der Waals surface area contributed by atoms with Gasteiger partial charge in [-0.1, -0.05) is 6.07 Å². The maximum atomic E-state index is 12.2. The van der Waals surface area contributed by atoms with E-state index < -0.39 is 10.0 Å². The van der Waals surface area contributed by atoms with Gasteiger partial charge in [-0.05, 0) is 57.1 Å². The van der Waals surface area contributed by atoms with Crippen molar-refractivity contribution in [2.24, 2.45) is 0 Å². The second kappa shape index (κ2) is 6.97. The third kappa shape index (κ3) is 4.08. The van der Waals surface area contributed by atoms with Crippen molar-refractivity contribution in [2.75, 3.05) is 19.6 Å². The zero-order valence-electron chi connectivity index (χ0n) is 12.9. The molecule has 3 heterocycles. The van der Waals surface area contributed by atoms with Crippen molar-refractivity contribution in [3.8, 4) is 0 Å². The highest BCUT2D eigenvalue weighted by molar-refractivity contribution is 7.91. The van der Waals surface area contributed by atoms with Crippen LogP contribution in [0.1, 0.15) is 32.6 Å². The Hall–Kier alpha value is -0.470. The van der Waals surface area contributed by atoms with Crippen molar-refractivity contribution in [3.05, 3.63) is 17.5 Å². The lowest BCUT2D eigenvalue weighted by Gasteiger charge is -2.33. The predicted molar refractivity (Wildman–Crippen MR) is 87.7 cm³/mol. The van der Waals surface area contributed by atoms with Gasteiger partial charge in [0.05, 0.1) is 12.2 Å². The quantitative estimate of drug-likeness (QED) is 0.888. The van der Waals surface area contributed by atoms with E-state index in [-0.39, 0.29) is 6.04 Å². The van der Waals surface area contributed by atoms with Crippen LogP contribution >= 0.6 is 11.3 Å². The Kier molecular flexibility index (Phi) is 5.19. The third-order valence-corrected chi connectivity index (χ3v) is 7.37. The maximum Gasteiger partial charge on any atom is 0.250 e. The van der Waals surface area contributed by atoms with Gasteiger partial charge in [-0.15, -0.1) is 11.3 Å². The minimum absolute atomic E-state index is 0.0479. The highest BCUT2D eigenvalue weighted by Gasteiger charge is 2.28. The molecule has 0 aliphatic carbocycles. The lowest BCUT2D eigenvalue weighted by atomic mass is 10.1. The number of likely N-dealkylation sites (tertiary alicyclic amines) is 1. The van der Waals surface area contributed by atoms with E-state index in [1.807, 2.05) is 0 Å². The summed E-state index contributed by atoms with van der Waals surface area (Å²) in [5.74, 6) is 0. The lowest BCUT2D eigenvalue weighted by molar-refractivity contribution is 0.0261. The van der Waals surface area contributed by atoms with Crippen LogP contribution in [0.5, 0.6) is 0 Å². The van der Waals surface area contributed by atoms with Crippen molar-refractivity contribution in [1.82, 2.24) is 9.62 Å². The summed E-state index contributed by atoms with van der Waals surface area (Å²) in [5, 5.41) is 1.79. The van der Waals surface area contributed by atoms with E-state index in [1.54, 1.807) is 17.5 Å². The number of nitrogens with one attached hydrogen (secondary N) is 1. The van der Waals surface area contributed by atoms with E-state index in [4.69, 9.17) is 4.74 Å². The standard InChI is InChI=1S/C15H24N2O3S2/c1-12-4-5-14(20-12)11-17-8-6-13(7-9-17)16-22(18,19)15-3-2-10-21-15/h2-3,10,12-14,16H,4-9,11H2,1H3/t12-,14-/m0/s1. The number of thiophene rings is 1. The van der Waals surface area contributed by atoms with E-state index in [9.17, 15) is 8.42 Å². The van der Waals surface area contributed by atoms with Gasteiger partial charge in [-0.2, -0.15) is 0 Å². The summed E-state index contributed by atoms with van der Waals surface area (Å²) in [4.78, 5) is 2.40. The van der Waals surface area contributed by atoms with E-state index >= 15 is 0 Å². The molecule has 0 spiro atoms. The minimum atomic E-state index is -3.34. The van der Waals surface area contributed by atoms with Crippen LogP contribution in [0, 0.1) is 0 Å². The molecule has 1 aromatic rings. The van der Waals surface area contributed by atoms with Crippen LogP contribution in [-0.2, 0) is 14.8 Å². The molecule has 0 saturated carbocycles. The summed E-state index contributed by atoms with van der Waals surface area (Å²) in [6.45, 7) is 4.98. The maximum absolute atomic E-state index is 12.2. The number of hydrogen-bond donors (Lipinski definition) is 1. The Morgan fingerprint density at radius 3 is 2.68 bits per heavy atom. The highest BCUT2D eigenvalue weighted by Crippen LogP contribution is 2.22. The molecular formula is C15H24N2O3S2. The first-order chi connectivity index (χ1) is 10.5. The van der Waals surface area contributed by atoms with Gasteiger partial charge in [0.2, 0.25) is 10.0 Å². The van der Waals surface area contributed by atoms with Gasteiger partial charge in [0.1, 0.15) is 4.21 Å². The van der Waals surface area contributed by atoms with Crippen LogP contribution < -0.4 is 4.72 Å². The average molecular weight is 345 g/mol. The van der Waals surface area contributed by atoms with Gasteiger partial charge in [-0.25, -0.2) is 13.1 Å². The smallest absolute Gasteiger partial charge is 0.250 e. The van der Waals surface area contributed by atoms with Gasteiger partial charge in [0.25, 0.3) is 0 Å². The molecular weight excluding hydrogens is 320 g/mol. The van der Waals surface area contributed by atoms with Gasteiger partial charge < -0.3 is 9.64 Å². The third-order valence-electron chi connectivity index (χ3n) is 4.45. The molecule has 0 bridgehead atoms. The van der Waals surface area contributed by atoms with Crippen LogP contribution in [0.4, 0.5) is 0 Å². The fourth-order valence-electron chi connectivity index (χ4n) is 3.23. The molecule has 1 aromatic heterocycles. The molecule has 2 saturated heterocycles. The Morgan fingerprint density at radius 2 is 2.09 bits per heavy atom. The molecule has 0 radical (unpaired) electrons. The Morgan fingerprint density at radius 1 is 1.32 bits per heavy atom. The summed E-state index contributed by atoms with van der Waals surface area (Å²) in [6.07, 6.45) is 4.78. The molecule has 5 nitrogen and oxygen atoms in total. The topological polar surface area (TPSA) is 58.6 Å². The number of nitrogens with zero attached hydrogens (tertiary/aromatic N) is 1. The number of ether oxygens (including phenoxy) is 1. The zero-order valence-corrected chi connectivity index (χ0v) is 14.5. The molecule has 0 aromatic carbocycles. The molecule has 2 aliphatic heterocycles. The zero-order chi connectivity index (χ0) is 15.6. The molecule has 124 valence electrons. The molecule has 0 unspecified atom stereocenters. The summed E-state index contributed by atoms with van der Waals surface area (Å²) in [5.41, 5.74) is 0. The Bertz CT molecular complexity index is 566. The first kappa shape index (κ1) is 16.4. The van der Waals surface area contributed by atoms with Crippen LogP contribution in [0.2, 0.25) is 0 Å². The minimum Gasteiger partial charge on any atom is -0.374 e. The Balaban J connectivity index is 1.46. The fraction of sp³-hybridized carbons (Fsp3) is 0.733. The lowest BCUT2D eigenvalue weighted by Crippen LogP contribution is -2.46. The van der Waals surface area contributed by atoms with E-state index in [0.717, 1.165) is 45.3 Å². The summed E-state index contributed by atoms with van der Waals surface area (Å²) in [7, 11) is -3.34. The number of hydrogen-bond acceptors (Lipinski definition) is 5. The van der Waals surface area contributed by atoms with Crippen LogP contribution in [0.15, 0.2) is 21.7 Å². The summed E-state index contributed by atoms with van der Waals surface area (Å²) < 4.78 is 33.6. The molecule has 3 rings (SSSR count). The monoisotopic (exact) mass is 344 g/mol. The van der Waals surface area contributed by atoms with E-state index in [0.29, 0.717) is 16.4 Å². The SMILES string of the molecule is C[C@H]1CC[C@@H](CN2CCC(NS(=O)(=O)c3cccs3)CC2)O1. The predicted octanol–water partition coefficient (Wildman–Crippen LogP) is 2.06. The van der Waals surface area contributed by atoms with Crippen LogP contribution in [-0.4, -0.2) is 51.2 Å².